The maximum Gasteiger partial charge on any atom is 0.119 e. The van der Waals surface area contributed by atoms with Crippen LogP contribution in [-0.4, -0.2) is 18.6 Å². The van der Waals surface area contributed by atoms with E-state index in [1.807, 2.05) is 12.1 Å². The largest absolute Gasteiger partial charge is 0.497 e. The van der Waals surface area contributed by atoms with Gasteiger partial charge >= 0.3 is 0 Å². The summed E-state index contributed by atoms with van der Waals surface area (Å²) in [5, 5.41) is 1.22. The first-order chi connectivity index (χ1) is 10.7. The second-order valence-electron chi connectivity index (χ2n) is 5.24. The lowest BCUT2D eigenvalue weighted by atomic mass is 10.0. The van der Waals surface area contributed by atoms with Crippen molar-refractivity contribution in [3.8, 4) is 16.3 Å². The zero-order chi connectivity index (χ0) is 15.5. The lowest BCUT2D eigenvalue weighted by molar-refractivity contribution is 0.415. The summed E-state index contributed by atoms with van der Waals surface area (Å²) >= 11 is 7.70. The van der Waals surface area contributed by atoms with Crippen LogP contribution in [0.2, 0.25) is 4.34 Å². The van der Waals surface area contributed by atoms with Gasteiger partial charge in [-0.05, 0) is 61.7 Å². The monoisotopic (exact) mass is 334 g/mol. The minimum atomic E-state index is 0.728. The second-order valence-corrected chi connectivity index (χ2v) is 6.95. The zero-order valence-electron chi connectivity index (χ0n) is 12.5. The molecule has 2 aromatic heterocycles. The molecule has 0 saturated carbocycles. The molecule has 3 N–H and O–H groups in total. The van der Waals surface area contributed by atoms with Crippen molar-refractivity contribution in [3.05, 3.63) is 40.2 Å². The van der Waals surface area contributed by atoms with Crippen LogP contribution >= 0.6 is 22.9 Å². The quantitative estimate of drug-likeness (QED) is 0.634. The molecular weight excluding hydrogens is 316 g/mol. The maximum atomic E-state index is 6.10. The lowest BCUT2D eigenvalue weighted by Crippen LogP contribution is -1.99. The van der Waals surface area contributed by atoms with Gasteiger partial charge in [0, 0.05) is 10.9 Å². The highest BCUT2D eigenvalue weighted by Gasteiger charge is 2.15. The number of halogens is 1. The van der Waals surface area contributed by atoms with E-state index in [4.69, 9.17) is 22.1 Å². The molecule has 0 bridgehead atoms. The number of hydrogen-bond donors (Lipinski definition) is 2. The normalized spacial score (nSPS) is 11.2. The molecule has 2 heterocycles. The first-order valence-corrected chi connectivity index (χ1v) is 8.56. The summed E-state index contributed by atoms with van der Waals surface area (Å²) in [7, 11) is 1.70. The van der Waals surface area contributed by atoms with Crippen molar-refractivity contribution < 1.29 is 4.74 Å². The second kappa shape index (κ2) is 6.73. The van der Waals surface area contributed by atoms with Gasteiger partial charge in [-0.25, -0.2) is 0 Å². The number of fused-ring (bicyclic) bond motifs is 1. The van der Waals surface area contributed by atoms with Crippen molar-refractivity contribution in [2.75, 3.05) is 13.7 Å². The molecule has 22 heavy (non-hydrogen) atoms. The Labute approximate surface area is 139 Å². The average Bonchev–Trinajstić information content (AvgIpc) is 3.11. The van der Waals surface area contributed by atoms with Crippen LogP contribution in [0.25, 0.3) is 21.5 Å². The molecule has 3 aromatic rings. The number of aromatic amines is 1. The zero-order valence-corrected chi connectivity index (χ0v) is 14.1. The Morgan fingerprint density at radius 3 is 2.77 bits per heavy atom. The molecule has 0 aliphatic carbocycles. The van der Waals surface area contributed by atoms with Crippen molar-refractivity contribution in [1.29, 1.82) is 0 Å². The minimum Gasteiger partial charge on any atom is -0.497 e. The van der Waals surface area contributed by atoms with E-state index in [0.29, 0.717) is 0 Å². The maximum absolute atomic E-state index is 6.10. The van der Waals surface area contributed by atoms with Gasteiger partial charge in [0.2, 0.25) is 0 Å². The Bertz CT molecular complexity index is 778. The molecule has 0 saturated heterocycles. The first-order valence-electron chi connectivity index (χ1n) is 7.37. The standard InChI is InChI=1S/C17H19ClN2OS/c1-21-11-5-6-14-13(10-11)12(4-2-3-9-19)17(20-14)15-7-8-16(18)22-15/h5-8,10,20H,2-4,9,19H2,1H3. The Morgan fingerprint density at radius 1 is 1.23 bits per heavy atom. The molecule has 116 valence electrons. The van der Waals surface area contributed by atoms with E-state index in [0.717, 1.165) is 47.1 Å². The van der Waals surface area contributed by atoms with Crippen LogP contribution in [0, 0.1) is 0 Å². The number of thiophene rings is 1. The van der Waals surface area contributed by atoms with Crippen LogP contribution in [0.3, 0.4) is 0 Å². The third-order valence-electron chi connectivity index (χ3n) is 3.81. The minimum absolute atomic E-state index is 0.728. The van der Waals surface area contributed by atoms with E-state index in [1.165, 1.54) is 15.8 Å². The highest BCUT2D eigenvalue weighted by atomic mass is 35.5. The number of benzene rings is 1. The fourth-order valence-electron chi connectivity index (χ4n) is 2.72. The van der Waals surface area contributed by atoms with Crippen LogP contribution in [0.1, 0.15) is 18.4 Å². The van der Waals surface area contributed by atoms with Gasteiger partial charge in [-0.1, -0.05) is 11.6 Å². The average molecular weight is 335 g/mol. The van der Waals surface area contributed by atoms with Crippen LogP contribution in [-0.2, 0) is 6.42 Å². The third-order valence-corrected chi connectivity index (χ3v) is 5.06. The number of rotatable bonds is 6. The summed E-state index contributed by atoms with van der Waals surface area (Å²) in [6, 6.07) is 10.2. The van der Waals surface area contributed by atoms with E-state index in [1.54, 1.807) is 18.4 Å². The highest BCUT2D eigenvalue weighted by Crippen LogP contribution is 2.37. The summed E-state index contributed by atoms with van der Waals surface area (Å²) in [5.41, 5.74) is 9.25. The van der Waals surface area contributed by atoms with E-state index < -0.39 is 0 Å². The molecule has 3 rings (SSSR count). The van der Waals surface area contributed by atoms with Crippen LogP contribution in [0.15, 0.2) is 30.3 Å². The van der Waals surface area contributed by atoms with E-state index >= 15 is 0 Å². The Hall–Kier alpha value is -1.49. The van der Waals surface area contributed by atoms with Crippen molar-refractivity contribution in [3.63, 3.8) is 0 Å². The lowest BCUT2D eigenvalue weighted by Gasteiger charge is -2.04. The van der Waals surface area contributed by atoms with Crippen molar-refractivity contribution in [2.45, 2.75) is 19.3 Å². The summed E-state index contributed by atoms with van der Waals surface area (Å²) in [5.74, 6) is 0.877. The number of hydrogen-bond acceptors (Lipinski definition) is 3. The molecule has 0 aliphatic rings. The van der Waals surface area contributed by atoms with Crippen molar-refractivity contribution >= 4 is 33.8 Å². The molecular formula is C17H19ClN2OS. The Balaban J connectivity index is 2.10. The molecule has 1 aromatic carbocycles. The van der Waals surface area contributed by atoms with Crippen LogP contribution in [0.5, 0.6) is 5.75 Å². The van der Waals surface area contributed by atoms with Gasteiger partial charge in [0.05, 0.1) is 22.0 Å². The van der Waals surface area contributed by atoms with Gasteiger partial charge in [-0.15, -0.1) is 11.3 Å². The number of nitrogens with two attached hydrogens (primary N) is 1. The van der Waals surface area contributed by atoms with Gasteiger partial charge in [0.1, 0.15) is 5.75 Å². The van der Waals surface area contributed by atoms with Crippen molar-refractivity contribution in [2.24, 2.45) is 5.73 Å². The number of ether oxygens (including phenoxy) is 1. The van der Waals surface area contributed by atoms with Crippen LogP contribution in [0.4, 0.5) is 0 Å². The molecule has 0 aliphatic heterocycles. The van der Waals surface area contributed by atoms with Gasteiger partial charge in [0.25, 0.3) is 0 Å². The molecule has 0 amide bonds. The van der Waals surface area contributed by atoms with Gasteiger partial charge in [0.15, 0.2) is 0 Å². The third kappa shape index (κ3) is 3.00. The Morgan fingerprint density at radius 2 is 2.09 bits per heavy atom. The van der Waals surface area contributed by atoms with Gasteiger partial charge in [-0.2, -0.15) is 0 Å². The van der Waals surface area contributed by atoms with E-state index in [9.17, 15) is 0 Å². The van der Waals surface area contributed by atoms with Crippen LogP contribution < -0.4 is 10.5 Å². The highest BCUT2D eigenvalue weighted by molar-refractivity contribution is 7.19. The number of aryl methyl sites for hydroxylation is 1. The fourth-order valence-corrected chi connectivity index (χ4v) is 3.79. The molecule has 0 fully saturated rings. The predicted octanol–water partition coefficient (Wildman–Crippen LogP) is 4.84. The fraction of sp³-hybridized carbons (Fsp3) is 0.294. The molecule has 0 unspecified atom stereocenters. The molecule has 0 spiro atoms. The number of aromatic nitrogens is 1. The van der Waals surface area contributed by atoms with E-state index in [2.05, 4.69) is 23.2 Å². The van der Waals surface area contributed by atoms with Crippen molar-refractivity contribution in [1.82, 2.24) is 4.98 Å². The van der Waals surface area contributed by atoms with Gasteiger partial charge in [-0.3, -0.25) is 0 Å². The number of methoxy groups -OCH3 is 1. The van der Waals surface area contributed by atoms with Gasteiger partial charge < -0.3 is 15.5 Å². The number of unbranched alkanes of at least 4 members (excludes halogenated alkanes) is 1. The summed E-state index contributed by atoms with van der Waals surface area (Å²) in [6.45, 7) is 0.728. The predicted molar refractivity (Wildman–Crippen MR) is 95.2 cm³/mol. The SMILES string of the molecule is COc1ccc2[nH]c(-c3ccc(Cl)s3)c(CCCCN)c2c1. The molecule has 0 radical (unpaired) electrons. The summed E-state index contributed by atoms with van der Waals surface area (Å²) < 4.78 is 6.17. The summed E-state index contributed by atoms with van der Waals surface area (Å²) in [6.07, 6.45) is 3.10. The Kier molecular flexibility index (Phi) is 4.71. The number of H-pyrrole nitrogens is 1. The molecule has 0 atom stereocenters. The molecule has 5 heteroatoms. The topological polar surface area (TPSA) is 51.0 Å². The molecule has 3 nitrogen and oxygen atoms in total. The first kappa shape index (κ1) is 15.4. The number of nitrogens with one attached hydrogen (secondary N) is 1. The summed E-state index contributed by atoms with van der Waals surface area (Å²) in [4.78, 5) is 4.71. The van der Waals surface area contributed by atoms with E-state index in [-0.39, 0.29) is 0 Å². The smallest absolute Gasteiger partial charge is 0.119 e.